The molecule has 1 fully saturated rings. The number of hydrogen-bond acceptors (Lipinski definition) is 4. The number of halogens is 1. The largest absolute Gasteiger partial charge is 0.392 e. The van der Waals surface area contributed by atoms with Gasteiger partial charge in [0.1, 0.15) is 0 Å². The third-order valence-electron chi connectivity index (χ3n) is 4.96. The molecule has 0 spiro atoms. The van der Waals surface area contributed by atoms with Gasteiger partial charge in [-0.15, -0.1) is 35.3 Å². The Bertz CT molecular complexity index is 717. The molecule has 28 heavy (non-hydrogen) atoms. The molecular formula is C21H31IN4OS. The van der Waals surface area contributed by atoms with Crippen LogP contribution in [0, 0.1) is 0 Å². The molecule has 0 saturated carbocycles. The van der Waals surface area contributed by atoms with E-state index < -0.39 is 0 Å². The maximum Gasteiger partial charge on any atom is 0.191 e. The standard InChI is InChI=1S/C21H30N4OS.HI/c1-2-22-21(23-14-17-8-3-4-9-18(17)16-26)24-15-19(20-10-7-13-27-20)25-11-5-6-12-25;/h3-4,7-10,13,19,26H,2,5-6,11-12,14-16H2,1H3,(H2,22,23,24);1H. The predicted molar refractivity (Wildman–Crippen MR) is 128 cm³/mol. The van der Waals surface area contributed by atoms with Gasteiger partial charge in [0.05, 0.1) is 19.2 Å². The van der Waals surface area contributed by atoms with E-state index in [1.165, 1.54) is 30.8 Å². The lowest BCUT2D eigenvalue weighted by Gasteiger charge is -2.27. The Morgan fingerprint density at radius 2 is 1.89 bits per heavy atom. The number of rotatable bonds is 8. The van der Waals surface area contributed by atoms with Crippen LogP contribution in [-0.4, -0.2) is 42.1 Å². The second-order valence-corrected chi connectivity index (χ2v) is 7.76. The molecule has 1 aromatic carbocycles. The van der Waals surface area contributed by atoms with E-state index in [2.05, 4.69) is 40.0 Å². The van der Waals surface area contributed by atoms with Crippen LogP contribution in [0.5, 0.6) is 0 Å². The van der Waals surface area contributed by atoms with Gasteiger partial charge in [0.15, 0.2) is 5.96 Å². The first-order valence-electron chi connectivity index (χ1n) is 9.79. The fourth-order valence-electron chi connectivity index (χ4n) is 3.51. The zero-order valence-electron chi connectivity index (χ0n) is 16.4. The fourth-order valence-corrected chi connectivity index (χ4v) is 4.37. The second kappa shape index (κ2) is 12.4. The zero-order chi connectivity index (χ0) is 18.9. The van der Waals surface area contributed by atoms with E-state index in [-0.39, 0.29) is 30.6 Å². The summed E-state index contributed by atoms with van der Waals surface area (Å²) in [6.45, 7) is 6.68. The lowest BCUT2D eigenvalue weighted by Crippen LogP contribution is -2.42. The highest BCUT2D eigenvalue weighted by molar-refractivity contribution is 14.0. The Balaban J connectivity index is 0.00000280. The van der Waals surface area contributed by atoms with Crippen molar-refractivity contribution in [3.05, 3.63) is 57.8 Å². The van der Waals surface area contributed by atoms with Crippen molar-refractivity contribution in [1.29, 1.82) is 0 Å². The van der Waals surface area contributed by atoms with Gasteiger partial charge in [-0.05, 0) is 55.4 Å². The van der Waals surface area contributed by atoms with Crippen molar-refractivity contribution in [2.45, 2.75) is 39.0 Å². The minimum atomic E-state index is 0. The minimum absolute atomic E-state index is 0. The molecule has 154 valence electrons. The lowest BCUT2D eigenvalue weighted by molar-refractivity contribution is 0.249. The van der Waals surface area contributed by atoms with Crippen LogP contribution in [0.1, 0.15) is 41.8 Å². The van der Waals surface area contributed by atoms with Crippen LogP contribution >= 0.6 is 35.3 Å². The summed E-state index contributed by atoms with van der Waals surface area (Å²) in [5.74, 6) is 0.825. The first-order chi connectivity index (χ1) is 13.3. The molecule has 1 aliphatic heterocycles. The molecule has 7 heteroatoms. The Labute approximate surface area is 189 Å². The highest BCUT2D eigenvalue weighted by Gasteiger charge is 2.24. The molecule has 2 heterocycles. The van der Waals surface area contributed by atoms with Crippen LogP contribution in [0.4, 0.5) is 0 Å². The van der Waals surface area contributed by atoms with E-state index in [0.717, 1.165) is 30.2 Å². The molecule has 1 unspecified atom stereocenters. The third-order valence-corrected chi connectivity index (χ3v) is 5.93. The normalized spacial score (nSPS) is 15.9. The summed E-state index contributed by atoms with van der Waals surface area (Å²) < 4.78 is 0. The van der Waals surface area contributed by atoms with Crippen LogP contribution in [0.15, 0.2) is 46.8 Å². The van der Waals surface area contributed by atoms with E-state index in [1.807, 2.05) is 35.6 Å². The molecule has 3 rings (SSSR count). The van der Waals surface area contributed by atoms with E-state index in [1.54, 1.807) is 0 Å². The average molecular weight is 514 g/mol. The topological polar surface area (TPSA) is 59.9 Å². The van der Waals surface area contributed by atoms with Crippen molar-refractivity contribution in [3.63, 3.8) is 0 Å². The van der Waals surface area contributed by atoms with Crippen molar-refractivity contribution in [2.75, 3.05) is 26.2 Å². The van der Waals surface area contributed by atoms with E-state index in [4.69, 9.17) is 4.99 Å². The van der Waals surface area contributed by atoms with Gasteiger partial charge in [0.2, 0.25) is 0 Å². The van der Waals surface area contributed by atoms with Gasteiger partial charge in [0.25, 0.3) is 0 Å². The number of aliphatic hydroxyl groups is 1. The van der Waals surface area contributed by atoms with Crippen molar-refractivity contribution in [1.82, 2.24) is 15.5 Å². The predicted octanol–water partition coefficient (Wildman–Crippen LogP) is 3.75. The van der Waals surface area contributed by atoms with E-state index in [0.29, 0.717) is 12.6 Å². The van der Waals surface area contributed by atoms with Crippen LogP contribution in [0.3, 0.4) is 0 Å². The summed E-state index contributed by atoms with van der Waals surface area (Å²) in [6.07, 6.45) is 2.57. The summed E-state index contributed by atoms with van der Waals surface area (Å²) in [4.78, 5) is 8.72. The van der Waals surface area contributed by atoms with Crippen LogP contribution in [0.2, 0.25) is 0 Å². The highest BCUT2D eigenvalue weighted by atomic mass is 127. The Morgan fingerprint density at radius 3 is 2.54 bits per heavy atom. The number of nitrogens with zero attached hydrogens (tertiary/aromatic N) is 2. The number of hydrogen-bond donors (Lipinski definition) is 3. The maximum absolute atomic E-state index is 9.51. The van der Waals surface area contributed by atoms with Crippen LogP contribution in [0.25, 0.3) is 0 Å². The smallest absolute Gasteiger partial charge is 0.191 e. The number of benzene rings is 1. The van der Waals surface area contributed by atoms with Crippen molar-refractivity contribution in [3.8, 4) is 0 Å². The summed E-state index contributed by atoms with van der Waals surface area (Å²) in [6, 6.07) is 12.7. The summed E-state index contributed by atoms with van der Waals surface area (Å²) in [5, 5.41) is 18.5. The minimum Gasteiger partial charge on any atom is -0.392 e. The summed E-state index contributed by atoms with van der Waals surface area (Å²) in [5.41, 5.74) is 2.00. The third kappa shape index (κ3) is 6.43. The summed E-state index contributed by atoms with van der Waals surface area (Å²) >= 11 is 1.83. The molecule has 1 saturated heterocycles. The molecule has 1 atom stereocenters. The SMILES string of the molecule is CCNC(=NCc1ccccc1CO)NCC(c1cccs1)N1CCCC1.I. The molecule has 0 amide bonds. The zero-order valence-corrected chi connectivity index (χ0v) is 19.6. The monoisotopic (exact) mass is 514 g/mol. The van der Waals surface area contributed by atoms with E-state index >= 15 is 0 Å². The van der Waals surface area contributed by atoms with Gasteiger partial charge in [0, 0.05) is 18.0 Å². The first-order valence-corrected chi connectivity index (χ1v) is 10.7. The molecule has 1 aromatic heterocycles. The Hall–Kier alpha value is -1.16. The fraction of sp³-hybridized carbons (Fsp3) is 0.476. The Kier molecular flexibility index (Phi) is 10.3. The van der Waals surface area contributed by atoms with E-state index in [9.17, 15) is 5.11 Å². The molecule has 0 bridgehead atoms. The number of guanidine groups is 1. The first kappa shape index (κ1) is 23.1. The molecular weight excluding hydrogens is 483 g/mol. The van der Waals surface area contributed by atoms with Gasteiger partial charge < -0.3 is 15.7 Å². The number of aliphatic imine (C=N–C) groups is 1. The number of likely N-dealkylation sites (tertiary alicyclic amines) is 1. The van der Waals surface area contributed by atoms with Crippen LogP contribution < -0.4 is 10.6 Å². The van der Waals surface area contributed by atoms with Crippen molar-refractivity contribution in [2.24, 2.45) is 4.99 Å². The number of aliphatic hydroxyl groups excluding tert-OH is 1. The molecule has 1 aliphatic rings. The maximum atomic E-state index is 9.51. The van der Waals surface area contributed by atoms with Gasteiger partial charge in [-0.3, -0.25) is 4.90 Å². The van der Waals surface area contributed by atoms with Crippen LogP contribution in [-0.2, 0) is 13.2 Å². The van der Waals surface area contributed by atoms with Gasteiger partial charge in [-0.2, -0.15) is 0 Å². The molecule has 0 radical (unpaired) electrons. The van der Waals surface area contributed by atoms with Gasteiger partial charge in [-0.25, -0.2) is 4.99 Å². The second-order valence-electron chi connectivity index (χ2n) is 6.78. The lowest BCUT2D eigenvalue weighted by atomic mass is 10.1. The molecule has 2 aromatic rings. The molecule has 0 aliphatic carbocycles. The number of nitrogens with one attached hydrogen (secondary N) is 2. The summed E-state index contributed by atoms with van der Waals surface area (Å²) in [7, 11) is 0. The quantitative estimate of drug-likeness (QED) is 0.286. The molecule has 5 nitrogen and oxygen atoms in total. The van der Waals surface area contributed by atoms with Gasteiger partial charge >= 0.3 is 0 Å². The van der Waals surface area contributed by atoms with Gasteiger partial charge in [-0.1, -0.05) is 30.3 Å². The Morgan fingerprint density at radius 1 is 1.14 bits per heavy atom. The average Bonchev–Trinajstić information content (AvgIpc) is 3.41. The van der Waals surface area contributed by atoms with Crippen molar-refractivity contribution < 1.29 is 5.11 Å². The molecule has 3 N–H and O–H groups in total. The highest BCUT2D eigenvalue weighted by Crippen LogP contribution is 2.27. The van der Waals surface area contributed by atoms with Crippen molar-refractivity contribution >= 4 is 41.3 Å². The number of thiophene rings is 1.